The minimum atomic E-state index is -0.601. The van der Waals surface area contributed by atoms with Gasteiger partial charge in [0, 0.05) is 11.6 Å². The van der Waals surface area contributed by atoms with Gasteiger partial charge in [-0.1, -0.05) is 37.6 Å². The SMILES string of the molecule is CCc1ccc(CC)c(-c2nonc2NC(=O)c2cc(=O)c3cc(C)ccc3o2)c1. The van der Waals surface area contributed by atoms with Crippen molar-refractivity contribution >= 4 is 22.7 Å². The molecule has 0 spiro atoms. The molecule has 7 heteroatoms. The second-order valence-corrected chi connectivity index (χ2v) is 7.09. The largest absolute Gasteiger partial charge is 0.451 e. The Balaban J connectivity index is 1.70. The molecule has 1 amide bonds. The van der Waals surface area contributed by atoms with Crippen LogP contribution in [0.4, 0.5) is 5.82 Å². The fourth-order valence-electron chi connectivity index (χ4n) is 3.37. The summed E-state index contributed by atoms with van der Waals surface area (Å²) in [5.74, 6) is -0.533. The van der Waals surface area contributed by atoms with Gasteiger partial charge in [0.15, 0.2) is 16.9 Å². The molecule has 0 bridgehead atoms. The Hall–Kier alpha value is -3.74. The van der Waals surface area contributed by atoms with Gasteiger partial charge in [0.05, 0.1) is 5.39 Å². The van der Waals surface area contributed by atoms with Crippen LogP contribution in [0, 0.1) is 6.92 Å². The van der Waals surface area contributed by atoms with Crippen LogP contribution in [0.5, 0.6) is 0 Å². The zero-order valence-corrected chi connectivity index (χ0v) is 17.0. The zero-order valence-electron chi connectivity index (χ0n) is 17.0. The van der Waals surface area contributed by atoms with Crippen molar-refractivity contribution in [2.24, 2.45) is 0 Å². The normalized spacial score (nSPS) is 11.0. The van der Waals surface area contributed by atoms with Crippen LogP contribution in [0.2, 0.25) is 0 Å². The van der Waals surface area contributed by atoms with E-state index in [4.69, 9.17) is 9.05 Å². The third kappa shape index (κ3) is 3.61. The number of anilines is 1. The minimum absolute atomic E-state index is 0.108. The lowest BCUT2D eigenvalue weighted by atomic mass is 9.98. The Labute approximate surface area is 172 Å². The molecule has 0 saturated carbocycles. The van der Waals surface area contributed by atoms with E-state index in [0.29, 0.717) is 16.7 Å². The molecule has 7 nitrogen and oxygen atoms in total. The van der Waals surface area contributed by atoms with Gasteiger partial charge in [-0.25, -0.2) is 4.63 Å². The number of aryl methyl sites for hydroxylation is 3. The van der Waals surface area contributed by atoms with Gasteiger partial charge < -0.3 is 4.42 Å². The molecule has 4 aromatic rings. The lowest BCUT2D eigenvalue weighted by Gasteiger charge is -2.09. The highest BCUT2D eigenvalue weighted by molar-refractivity contribution is 6.04. The summed E-state index contributed by atoms with van der Waals surface area (Å²) in [4.78, 5) is 25.2. The molecule has 0 aliphatic carbocycles. The van der Waals surface area contributed by atoms with Gasteiger partial charge in [-0.3, -0.25) is 14.9 Å². The molecule has 0 saturated heterocycles. The average molecular weight is 403 g/mol. The quantitative estimate of drug-likeness (QED) is 0.526. The molecular formula is C23H21N3O4. The monoisotopic (exact) mass is 403 g/mol. The lowest BCUT2D eigenvalue weighted by molar-refractivity contribution is 0.0996. The zero-order chi connectivity index (χ0) is 21.3. The molecule has 1 N–H and O–H groups in total. The Morgan fingerprint density at radius 1 is 1.03 bits per heavy atom. The number of nitrogens with zero attached hydrogens (tertiary/aromatic N) is 2. The van der Waals surface area contributed by atoms with Gasteiger partial charge in [0.25, 0.3) is 5.91 Å². The van der Waals surface area contributed by atoms with Gasteiger partial charge >= 0.3 is 0 Å². The van der Waals surface area contributed by atoms with E-state index in [1.807, 2.05) is 32.0 Å². The summed E-state index contributed by atoms with van der Waals surface area (Å²) in [5.41, 5.74) is 4.49. The number of hydrogen-bond acceptors (Lipinski definition) is 6. The predicted molar refractivity (Wildman–Crippen MR) is 114 cm³/mol. The van der Waals surface area contributed by atoms with Crippen LogP contribution in [0.1, 0.15) is 41.1 Å². The topological polar surface area (TPSA) is 98.2 Å². The number of nitrogens with one attached hydrogen (secondary N) is 1. The number of carbonyl (C=O) groups excluding carboxylic acids is 1. The fourth-order valence-corrected chi connectivity index (χ4v) is 3.37. The molecular weight excluding hydrogens is 382 g/mol. The van der Waals surface area contributed by atoms with Crippen molar-refractivity contribution in [2.75, 3.05) is 5.32 Å². The van der Waals surface area contributed by atoms with E-state index in [-0.39, 0.29) is 17.0 Å². The lowest BCUT2D eigenvalue weighted by Crippen LogP contribution is -2.16. The first-order valence-corrected chi connectivity index (χ1v) is 9.80. The maximum absolute atomic E-state index is 12.8. The molecule has 0 fully saturated rings. The smallest absolute Gasteiger partial charge is 0.292 e. The predicted octanol–water partition coefficient (Wildman–Crippen LogP) is 4.53. The number of hydrogen-bond donors (Lipinski definition) is 1. The standard InChI is InChI=1S/C23H21N3O4/c1-4-14-7-8-15(5-2)16(11-14)21-22(26-30-25-21)24-23(28)20-12-18(27)17-10-13(3)6-9-19(17)29-20/h6-12H,4-5H2,1-3H3,(H,24,26,28). The highest BCUT2D eigenvalue weighted by atomic mass is 16.6. The first-order chi connectivity index (χ1) is 14.5. The highest BCUT2D eigenvalue weighted by Gasteiger charge is 2.20. The number of benzene rings is 2. The number of carbonyl (C=O) groups is 1. The highest BCUT2D eigenvalue weighted by Crippen LogP contribution is 2.30. The molecule has 0 aliphatic rings. The number of rotatable bonds is 5. The molecule has 2 aromatic carbocycles. The van der Waals surface area contributed by atoms with Gasteiger partial charge in [0.1, 0.15) is 5.58 Å². The van der Waals surface area contributed by atoms with E-state index >= 15 is 0 Å². The Morgan fingerprint density at radius 2 is 1.87 bits per heavy atom. The van der Waals surface area contributed by atoms with Crippen molar-refractivity contribution in [2.45, 2.75) is 33.6 Å². The first-order valence-electron chi connectivity index (χ1n) is 9.80. The minimum Gasteiger partial charge on any atom is -0.451 e. The van der Waals surface area contributed by atoms with Crippen LogP contribution in [-0.2, 0) is 12.8 Å². The maximum Gasteiger partial charge on any atom is 0.292 e. The Bertz CT molecular complexity index is 1300. The van der Waals surface area contributed by atoms with E-state index in [0.717, 1.165) is 35.1 Å². The van der Waals surface area contributed by atoms with Crippen LogP contribution >= 0.6 is 0 Å². The van der Waals surface area contributed by atoms with Gasteiger partial charge in [0.2, 0.25) is 5.82 Å². The molecule has 0 aliphatic heterocycles. The average Bonchev–Trinajstić information content (AvgIpc) is 3.21. The number of fused-ring (bicyclic) bond motifs is 1. The summed E-state index contributed by atoms with van der Waals surface area (Å²) in [6, 6.07) is 12.5. The van der Waals surface area contributed by atoms with Crippen LogP contribution in [0.3, 0.4) is 0 Å². The van der Waals surface area contributed by atoms with Crippen molar-refractivity contribution < 1.29 is 13.8 Å². The van der Waals surface area contributed by atoms with E-state index < -0.39 is 5.91 Å². The summed E-state index contributed by atoms with van der Waals surface area (Å²) in [5, 5.41) is 10.9. The van der Waals surface area contributed by atoms with E-state index in [9.17, 15) is 9.59 Å². The maximum atomic E-state index is 12.8. The van der Waals surface area contributed by atoms with Crippen molar-refractivity contribution in [1.82, 2.24) is 10.3 Å². The number of amides is 1. The van der Waals surface area contributed by atoms with Gasteiger partial charge in [-0.15, -0.1) is 0 Å². The van der Waals surface area contributed by atoms with Crippen LogP contribution in [0.25, 0.3) is 22.2 Å². The summed E-state index contributed by atoms with van der Waals surface area (Å²) in [7, 11) is 0. The van der Waals surface area contributed by atoms with Crippen LogP contribution < -0.4 is 10.7 Å². The second-order valence-electron chi connectivity index (χ2n) is 7.09. The molecule has 0 unspecified atom stereocenters. The third-order valence-corrected chi connectivity index (χ3v) is 5.05. The molecule has 4 rings (SSSR count). The summed E-state index contributed by atoms with van der Waals surface area (Å²) in [6.07, 6.45) is 1.66. The van der Waals surface area contributed by atoms with Crippen LogP contribution in [0.15, 0.2) is 56.3 Å². The Morgan fingerprint density at radius 3 is 2.63 bits per heavy atom. The Kier molecular flexibility index (Phi) is 5.18. The molecule has 0 radical (unpaired) electrons. The van der Waals surface area contributed by atoms with Crippen molar-refractivity contribution in [3.63, 3.8) is 0 Å². The van der Waals surface area contributed by atoms with Gasteiger partial charge in [-0.2, -0.15) is 0 Å². The molecule has 152 valence electrons. The van der Waals surface area contributed by atoms with E-state index in [1.54, 1.807) is 12.1 Å². The molecule has 0 atom stereocenters. The van der Waals surface area contributed by atoms with E-state index in [1.165, 1.54) is 6.07 Å². The van der Waals surface area contributed by atoms with Gasteiger partial charge in [-0.05, 0) is 59.4 Å². The summed E-state index contributed by atoms with van der Waals surface area (Å²) >= 11 is 0. The molecule has 2 heterocycles. The van der Waals surface area contributed by atoms with Crippen LogP contribution in [-0.4, -0.2) is 16.2 Å². The third-order valence-electron chi connectivity index (χ3n) is 5.05. The fraction of sp³-hybridized carbons (Fsp3) is 0.217. The first kappa shape index (κ1) is 19.6. The van der Waals surface area contributed by atoms with E-state index in [2.05, 4.69) is 28.6 Å². The molecule has 30 heavy (non-hydrogen) atoms. The van der Waals surface area contributed by atoms with Crippen molar-refractivity contribution in [3.8, 4) is 11.3 Å². The molecule has 2 aromatic heterocycles. The second kappa shape index (κ2) is 7.94. The summed E-state index contributed by atoms with van der Waals surface area (Å²) in [6.45, 7) is 6.00. The van der Waals surface area contributed by atoms with Crippen molar-refractivity contribution in [1.29, 1.82) is 0 Å². The van der Waals surface area contributed by atoms with Crippen molar-refractivity contribution in [3.05, 3.63) is 75.1 Å². The summed E-state index contributed by atoms with van der Waals surface area (Å²) < 4.78 is 10.6. The number of aromatic nitrogens is 2.